The van der Waals surface area contributed by atoms with Gasteiger partial charge in [0, 0.05) is 21.6 Å². The third-order valence-corrected chi connectivity index (χ3v) is 3.78. The Labute approximate surface area is 107 Å². The molecule has 4 nitrogen and oxygen atoms in total. The molecule has 1 atom stereocenters. The maximum Gasteiger partial charge on any atom is 0.345 e. The van der Waals surface area contributed by atoms with Crippen LogP contribution in [0.4, 0.5) is 0 Å². The van der Waals surface area contributed by atoms with Crippen LogP contribution in [-0.2, 0) is 0 Å². The lowest BCUT2D eigenvalue weighted by Crippen LogP contribution is -2.20. The molecule has 0 spiro atoms. The Kier molecular flexibility index (Phi) is 2.72. The first-order valence-electron chi connectivity index (χ1n) is 5.67. The molecule has 2 heterocycles. The van der Waals surface area contributed by atoms with Crippen molar-refractivity contribution in [2.75, 3.05) is 6.54 Å². The lowest BCUT2D eigenvalue weighted by molar-refractivity contribution is 0.629. The van der Waals surface area contributed by atoms with E-state index in [1.54, 1.807) is 0 Å². The monoisotopic (exact) mass is 293 g/mol. The molecular formula is C12H12BrN3O. The van der Waals surface area contributed by atoms with Crippen LogP contribution in [0.3, 0.4) is 0 Å². The zero-order valence-electron chi connectivity index (χ0n) is 9.16. The van der Waals surface area contributed by atoms with Gasteiger partial charge in [0.2, 0.25) is 0 Å². The van der Waals surface area contributed by atoms with E-state index in [0.29, 0.717) is 0 Å². The maximum atomic E-state index is 11.6. The number of rotatable bonds is 1. The molecule has 0 aliphatic carbocycles. The molecule has 1 aliphatic heterocycles. The summed E-state index contributed by atoms with van der Waals surface area (Å²) in [4.78, 5) is 18.5. The fourth-order valence-electron chi connectivity index (χ4n) is 2.36. The van der Waals surface area contributed by atoms with Gasteiger partial charge in [-0.1, -0.05) is 12.1 Å². The molecule has 5 heteroatoms. The summed E-state index contributed by atoms with van der Waals surface area (Å²) in [6.07, 6.45) is 2.20. The summed E-state index contributed by atoms with van der Waals surface area (Å²) < 4.78 is 0.861. The zero-order chi connectivity index (χ0) is 11.8. The molecule has 0 amide bonds. The van der Waals surface area contributed by atoms with E-state index in [0.717, 1.165) is 40.5 Å². The van der Waals surface area contributed by atoms with E-state index in [2.05, 4.69) is 31.2 Å². The Morgan fingerprint density at radius 3 is 3.06 bits per heavy atom. The molecule has 1 unspecified atom stereocenters. The predicted octanol–water partition coefficient (Wildman–Crippen LogP) is 2.11. The van der Waals surface area contributed by atoms with Crippen molar-refractivity contribution in [1.29, 1.82) is 0 Å². The van der Waals surface area contributed by atoms with Gasteiger partial charge in [-0.15, -0.1) is 0 Å². The second-order valence-electron chi connectivity index (χ2n) is 4.24. The van der Waals surface area contributed by atoms with Gasteiger partial charge in [0.15, 0.2) is 0 Å². The average molecular weight is 294 g/mol. The van der Waals surface area contributed by atoms with Gasteiger partial charge < -0.3 is 10.3 Å². The molecule has 88 valence electrons. The van der Waals surface area contributed by atoms with Crippen molar-refractivity contribution < 1.29 is 0 Å². The van der Waals surface area contributed by atoms with Crippen LogP contribution in [0.15, 0.2) is 27.5 Å². The van der Waals surface area contributed by atoms with Crippen molar-refractivity contribution in [3.8, 4) is 0 Å². The molecule has 2 N–H and O–H groups in total. The van der Waals surface area contributed by atoms with Crippen LogP contribution < -0.4 is 11.0 Å². The fourth-order valence-corrected chi connectivity index (χ4v) is 2.82. The number of fused-ring (bicyclic) bond motifs is 1. The number of halogens is 1. The number of para-hydroxylation sites is 1. The lowest BCUT2D eigenvalue weighted by Gasteiger charge is -2.13. The lowest BCUT2D eigenvalue weighted by atomic mass is 10.1. The van der Waals surface area contributed by atoms with E-state index >= 15 is 0 Å². The normalized spacial score (nSPS) is 19.9. The molecule has 1 saturated heterocycles. The van der Waals surface area contributed by atoms with E-state index in [1.807, 2.05) is 18.2 Å². The number of aromatic nitrogens is 2. The van der Waals surface area contributed by atoms with E-state index < -0.39 is 0 Å². The molecule has 17 heavy (non-hydrogen) atoms. The Bertz CT molecular complexity index is 617. The highest BCUT2D eigenvalue weighted by Crippen LogP contribution is 2.29. The van der Waals surface area contributed by atoms with Gasteiger partial charge in [-0.2, -0.15) is 4.98 Å². The summed E-state index contributed by atoms with van der Waals surface area (Å²) >= 11 is 3.44. The Morgan fingerprint density at radius 1 is 1.41 bits per heavy atom. The number of hydrogen-bond acceptors (Lipinski definition) is 3. The fraction of sp³-hybridized carbons (Fsp3) is 0.333. The molecule has 0 saturated carbocycles. The Morgan fingerprint density at radius 2 is 2.29 bits per heavy atom. The van der Waals surface area contributed by atoms with Crippen LogP contribution in [0.5, 0.6) is 0 Å². The van der Waals surface area contributed by atoms with Crippen LogP contribution >= 0.6 is 15.9 Å². The standard InChI is InChI=1S/C12H12BrN3O/c13-8-4-1-3-7-10(8)15-12(17)16-11(7)9-5-2-6-14-9/h1,3-4,9,14H,2,5-6H2,(H,15,16,17). The molecule has 0 bridgehead atoms. The SMILES string of the molecule is O=c1nc2c(Br)cccc2c(C2CCCN2)[nH]1. The van der Waals surface area contributed by atoms with Crippen molar-refractivity contribution in [2.24, 2.45) is 0 Å². The van der Waals surface area contributed by atoms with Crippen LogP contribution in [0.1, 0.15) is 24.6 Å². The zero-order valence-corrected chi connectivity index (χ0v) is 10.8. The molecule has 1 aromatic heterocycles. The van der Waals surface area contributed by atoms with Gasteiger partial charge in [-0.05, 0) is 41.4 Å². The third kappa shape index (κ3) is 1.89. The van der Waals surface area contributed by atoms with Crippen LogP contribution in [0.25, 0.3) is 10.9 Å². The highest BCUT2D eigenvalue weighted by Gasteiger charge is 2.20. The largest absolute Gasteiger partial charge is 0.345 e. The van der Waals surface area contributed by atoms with Gasteiger partial charge >= 0.3 is 5.69 Å². The van der Waals surface area contributed by atoms with E-state index in [9.17, 15) is 4.79 Å². The predicted molar refractivity (Wildman–Crippen MR) is 70.0 cm³/mol. The molecule has 0 radical (unpaired) electrons. The number of nitrogens with zero attached hydrogens (tertiary/aromatic N) is 1. The van der Waals surface area contributed by atoms with Crippen molar-refractivity contribution in [3.05, 3.63) is 38.9 Å². The smallest absolute Gasteiger partial charge is 0.309 e. The number of hydrogen-bond donors (Lipinski definition) is 2. The molecule has 1 fully saturated rings. The second-order valence-corrected chi connectivity index (χ2v) is 5.09. The maximum absolute atomic E-state index is 11.6. The summed E-state index contributed by atoms with van der Waals surface area (Å²) in [6.45, 7) is 1.00. The molecule has 1 aliphatic rings. The van der Waals surface area contributed by atoms with Gasteiger partial charge in [0.05, 0.1) is 5.52 Å². The first-order valence-corrected chi connectivity index (χ1v) is 6.47. The van der Waals surface area contributed by atoms with Crippen molar-refractivity contribution >= 4 is 26.8 Å². The van der Waals surface area contributed by atoms with E-state index in [-0.39, 0.29) is 11.7 Å². The average Bonchev–Trinajstić information content (AvgIpc) is 2.83. The van der Waals surface area contributed by atoms with Crippen LogP contribution in [0.2, 0.25) is 0 Å². The van der Waals surface area contributed by atoms with Crippen molar-refractivity contribution in [1.82, 2.24) is 15.3 Å². The summed E-state index contributed by atoms with van der Waals surface area (Å²) in [6, 6.07) is 6.10. The highest BCUT2D eigenvalue weighted by atomic mass is 79.9. The minimum absolute atomic E-state index is 0.238. The quantitative estimate of drug-likeness (QED) is 0.847. The first-order chi connectivity index (χ1) is 8.25. The van der Waals surface area contributed by atoms with Gasteiger partial charge in [-0.3, -0.25) is 0 Å². The van der Waals surface area contributed by atoms with E-state index in [1.165, 1.54) is 0 Å². The first kappa shape index (κ1) is 10.9. The minimum Gasteiger partial charge on any atom is -0.309 e. The molecule has 2 aromatic rings. The number of benzene rings is 1. The minimum atomic E-state index is -0.284. The van der Waals surface area contributed by atoms with Gasteiger partial charge in [0.25, 0.3) is 0 Å². The van der Waals surface area contributed by atoms with Crippen LogP contribution in [-0.4, -0.2) is 16.5 Å². The second kappa shape index (κ2) is 4.23. The summed E-state index contributed by atoms with van der Waals surface area (Å²) in [5, 5.41) is 4.41. The summed E-state index contributed by atoms with van der Waals surface area (Å²) in [5.41, 5.74) is 1.41. The summed E-state index contributed by atoms with van der Waals surface area (Å²) in [7, 11) is 0. The summed E-state index contributed by atoms with van der Waals surface area (Å²) in [5.74, 6) is 0. The Hall–Kier alpha value is -1.20. The van der Waals surface area contributed by atoms with Crippen LogP contribution in [0, 0.1) is 0 Å². The number of nitrogens with one attached hydrogen (secondary N) is 2. The third-order valence-electron chi connectivity index (χ3n) is 3.14. The topological polar surface area (TPSA) is 57.8 Å². The highest BCUT2D eigenvalue weighted by molar-refractivity contribution is 9.10. The Balaban J connectivity index is 2.29. The van der Waals surface area contributed by atoms with E-state index in [4.69, 9.17) is 0 Å². The number of aromatic amines is 1. The van der Waals surface area contributed by atoms with Crippen molar-refractivity contribution in [2.45, 2.75) is 18.9 Å². The number of H-pyrrole nitrogens is 1. The molecule has 1 aromatic carbocycles. The van der Waals surface area contributed by atoms with Gasteiger partial charge in [-0.25, -0.2) is 4.79 Å². The van der Waals surface area contributed by atoms with Gasteiger partial charge in [0.1, 0.15) is 0 Å². The van der Waals surface area contributed by atoms with Crippen molar-refractivity contribution in [3.63, 3.8) is 0 Å². The molecule has 3 rings (SSSR count). The molecular weight excluding hydrogens is 282 g/mol.